The van der Waals surface area contributed by atoms with Crippen molar-refractivity contribution < 1.29 is 4.79 Å². The Kier molecular flexibility index (Phi) is 4.48. The summed E-state index contributed by atoms with van der Waals surface area (Å²) in [6, 6.07) is 11.3. The zero-order valence-corrected chi connectivity index (χ0v) is 12.7. The van der Waals surface area contributed by atoms with Crippen molar-refractivity contribution in [2.75, 3.05) is 17.6 Å². The molecule has 0 atom stereocenters. The highest BCUT2D eigenvalue weighted by Crippen LogP contribution is 2.27. The summed E-state index contributed by atoms with van der Waals surface area (Å²) in [7, 11) is 0. The van der Waals surface area contributed by atoms with E-state index in [1.54, 1.807) is 18.2 Å². The summed E-state index contributed by atoms with van der Waals surface area (Å²) in [5.41, 5.74) is 11.3. The molecule has 4 N–H and O–H groups in total. The van der Waals surface area contributed by atoms with Gasteiger partial charge < -0.3 is 16.4 Å². The average Bonchev–Trinajstić information content (AvgIpc) is 2.46. The van der Waals surface area contributed by atoms with Gasteiger partial charge in [-0.15, -0.1) is 0 Å². The first kappa shape index (κ1) is 14.9. The maximum Gasteiger partial charge on any atom is 0.251 e. The first-order valence-electron chi connectivity index (χ1n) is 7.04. The van der Waals surface area contributed by atoms with Crippen molar-refractivity contribution in [1.29, 1.82) is 0 Å². The Morgan fingerprint density at radius 3 is 2.62 bits per heavy atom. The topological polar surface area (TPSA) is 67.2 Å². The van der Waals surface area contributed by atoms with Crippen LogP contribution >= 0.6 is 0 Å². The first-order chi connectivity index (χ1) is 10.0. The van der Waals surface area contributed by atoms with Crippen molar-refractivity contribution in [2.24, 2.45) is 0 Å². The van der Waals surface area contributed by atoms with Crippen molar-refractivity contribution in [2.45, 2.75) is 20.8 Å². The molecule has 4 nitrogen and oxygen atoms in total. The van der Waals surface area contributed by atoms with E-state index in [0.29, 0.717) is 17.8 Å². The quantitative estimate of drug-likeness (QED) is 0.754. The number of nitrogen functional groups attached to an aromatic ring is 1. The molecule has 110 valence electrons. The lowest BCUT2D eigenvalue weighted by atomic mass is 10.1. The second kappa shape index (κ2) is 6.31. The van der Waals surface area contributed by atoms with Crippen LogP contribution < -0.4 is 16.4 Å². The van der Waals surface area contributed by atoms with Gasteiger partial charge in [-0.05, 0) is 56.2 Å². The van der Waals surface area contributed by atoms with Crippen molar-refractivity contribution in [3.8, 4) is 0 Å². The monoisotopic (exact) mass is 283 g/mol. The Morgan fingerprint density at radius 2 is 1.90 bits per heavy atom. The molecule has 21 heavy (non-hydrogen) atoms. The number of aryl methyl sites for hydroxylation is 1. The summed E-state index contributed by atoms with van der Waals surface area (Å²) in [6.07, 6.45) is 0. The maximum absolute atomic E-state index is 11.9. The van der Waals surface area contributed by atoms with Gasteiger partial charge in [0.2, 0.25) is 0 Å². The standard InChI is InChI=1S/C17H21N3O/c1-4-19-17(21)13-8-9-14(18)16(10-13)20-15-7-5-6-11(2)12(15)3/h5-10,20H,4,18H2,1-3H3,(H,19,21). The largest absolute Gasteiger partial charge is 0.397 e. The Hall–Kier alpha value is -2.49. The van der Waals surface area contributed by atoms with Crippen molar-refractivity contribution in [3.05, 3.63) is 53.1 Å². The van der Waals surface area contributed by atoms with Crippen LogP contribution in [0.4, 0.5) is 17.1 Å². The molecule has 0 aliphatic heterocycles. The number of hydrogen-bond donors (Lipinski definition) is 3. The maximum atomic E-state index is 11.9. The number of carbonyl (C=O) groups is 1. The number of rotatable bonds is 4. The fourth-order valence-corrected chi connectivity index (χ4v) is 2.10. The molecule has 0 radical (unpaired) electrons. The van der Waals surface area contributed by atoms with Gasteiger partial charge in [0.1, 0.15) is 0 Å². The molecular weight excluding hydrogens is 262 g/mol. The molecule has 0 aliphatic rings. The predicted molar refractivity (Wildman–Crippen MR) is 88.1 cm³/mol. The highest BCUT2D eigenvalue weighted by atomic mass is 16.1. The molecule has 0 heterocycles. The Balaban J connectivity index is 2.33. The van der Waals surface area contributed by atoms with E-state index in [-0.39, 0.29) is 5.91 Å². The van der Waals surface area contributed by atoms with Gasteiger partial charge in [0, 0.05) is 17.8 Å². The minimum Gasteiger partial charge on any atom is -0.397 e. The SMILES string of the molecule is CCNC(=O)c1ccc(N)c(Nc2cccc(C)c2C)c1. The molecule has 0 unspecified atom stereocenters. The molecule has 1 amide bonds. The number of carbonyl (C=O) groups excluding carboxylic acids is 1. The van der Waals surface area contributed by atoms with E-state index in [0.717, 1.165) is 11.4 Å². The highest BCUT2D eigenvalue weighted by Gasteiger charge is 2.09. The second-order valence-electron chi connectivity index (χ2n) is 5.03. The molecule has 0 saturated heterocycles. The molecule has 2 aromatic carbocycles. The van der Waals surface area contributed by atoms with E-state index in [1.807, 2.05) is 19.1 Å². The van der Waals surface area contributed by atoms with Gasteiger partial charge in [-0.1, -0.05) is 12.1 Å². The average molecular weight is 283 g/mol. The molecule has 0 fully saturated rings. The zero-order valence-electron chi connectivity index (χ0n) is 12.7. The molecule has 0 saturated carbocycles. The van der Waals surface area contributed by atoms with E-state index in [1.165, 1.54) is 11.1 Å². The number of anilines is 3. The van der Waals surface area contributed by atoms with Crippen LogP contribution in [-0.4, -0.2) is 12.5 Å². The number of nitrogens with one attached hydrogen (secondary N) is 2. The Morgan fingerprint density at radius 1 is 1.14 bits per heavy atom. The van der Waals surface area contributed by atoms with E-state index in [4.69, 9.17) is 5.73 Å². The van der Waals surface area contributed by atoms with Gasteiger partial charge in [-0.2, -0.15) is 0 Å². The van der Waals surface area contributed by atoms with Gasteiger partial charge in [-0.3, -0.25) is 4.79 Å². The number of hydrogen-bond acceptors (Lipinski definition) is 3. The molecule has 0 spiro atoms. The minimum atomic E-state index is -0.0958. The van der Waals surface area contributed by atoms with E-state index in [2.05, 4.69) is 30.5 Å². The van der Waals surface area contributed by atoms with Crippen LogP contribution in [0.2, 0.25) is 0 Å². The first-order valence-corrected chi connectivity index (χ1v) is 7.04. The van der Waals surface area contributed by atoms with Crippen molar-refractivity contribution in [3.63, 3.8) is 0 Å². The summed E-state index contributed by atoms with van der Waals surface area (Å²) in [5.74, 6) is -0.0958. The van der Waals surface area contributed by atoms with Crippen LogP contribution in [0.1, 0.15) is 28.4 Å². The lowest BCUT2D eigenvalue weighted by molar-refractivity contribution is 0.0956. The highest BCUT2D eigenvalue weighted by molar-refractivity contribution is 5.96. The summed E-state index contributed by atoms with van der Waals surface area (Å²) >= 11 is 0. The smallest absolute Gasteiger partial charge is 0.251 e. The predicted octanol–water partition coefficient (Wildman–Crippen LogP) is 3.38. The van der Waals surface area contributed by atoms with Crippen LogP contribution in [-0.2, 0) is 0 Å². The molecule has 0 aliphatic carbocycles. The Labute approximate surface area is 125 Å². The number of benzene rings is 2. The van der Waals surface area contributed by atoms with E-state index >= 15 is 0 Å². The van der Waals surface area contributed by atoms with Gasteiger partial charge in [0.05, 0.1) is 11.4 Å². The van der Waals surface area contributed by atoms with Gasteiger partial charge >= 0.3 is 0 Å². The Bertz CT molecular complexity index is 665. The normalized spacial score (nSPS) is 10.2. The lowest BCUT2D eigenvalue weighted by Gasteiger charge is -2.14. The van der Waals surface area contributed by atoms with Crippen LogP contribution in [0.5, 0.6) is 0 Å². The fourth-order valence-electron chi connectivity index (χ4n) is 2.10. The molecule has 4 heteroatoms. The minimum absolute atomic E-state index is 0.0958. The molecule has 2 rings (SSSR count). The van der Waals surface area contributed by atoms with E-state index in [9.17, 15) is 4.79 Å². The molecule has 2 aromatic rings. The summed E-state index contributed by atoms with van der Waals surface area (Å²) < 4.78 is 0. The van der Waals surface area contributed by atoms with E-state index < -0.39 is 0 Å². The summed E-state index contributed by atoms with van der Waals surface area (Å²) in [6.45, 7) is 6.61. The number of nitrogens with two attached hydrogens (primary N) is 1. The van der Waals surface area contributed by atoms with Crippen LogP contribution in [0, 0.1) is 13.8 Å². The molecular formula is C17H21N3O. The van der Waals surface area contributed by atoms with Gasteiger partial charge in [0.25, 0.3) is 5.91 Å². The molecule has 0 aromatic heterocycles. The van der Waals surface area contributed by atoms with Crippen LogP contribution in [0.25, 0.3) is 0 Å². The third-order valence-corrected chi connectivity index (χ3v) is 3.53. The summed E-state index contributed by atoms with van der Waals surface area (Å²) in [5, 5.41) is 6.10. The zero-order chi connectivity index (χ0) is 15.4. The second-order valence-corrected chi connectivity index (χ2v) is 5.03. The van der Waals surface area contributed by atoms with Crippen LogP contribution in [0.3, 0.4) is 0 Å². The fraction of sp³-hybridized carbons (Fsp3) is 0.235. The van der Waals surface area contributed by atoms with Crippen molar-refractivity contribution in [1.82, 2.24) is 5.32 Å². The van der Waals surface area contributed by atoms with Crippen LogP contribution in [0.15, 0.2) is 36.4 Å². The summed E-state index contributed by atoms with van der Waals surface area (Å²) in [4.78, 5) is 11.9. The third-order valence-electron chi connectivity index (χ3n) is 3.53. The van der Waals surface area contributed by atoms with Gasteiger partial charge in [-0.25, -0.2) is 0 Å². The lowest BCUT2D eigenvalue weighted by Crippen LogP contribution is -2.22. The third kappa shape index (κ3) is 3.34. The van der Waals surface area contributed by atoms with Gasteiger partial charge in [0.15, 0.2) is 0 Å². The van der Waals surface area contributed by atoms with Crippen molar-refractivity contribution >= 4 is 23.0 Å². The number of amides is 1. The molecule has 0 bridgehead atoms.